The van der Waals surface area contributed by atoms with Gasteiger partial charge in [-0.3, -0.25) is 0 Å². The predicted octanol–water partition coefficient (Wildman–Crippen LogP) is 5.50. The first-order valence-corrected chi connectivity index (χ1v) is 17.9. The maximum absolute atomic E-state index is 6.04. The summed E-state index contributed by atoms with van der Waals surface area (Å²) in [5, 5.41) is 0. The van der Waals surface area contributed by atoms with Crippen LogP contribution in [0.2, 0.25) is 12.6 Å². The first kappa shape index (κ1) is 27.4. The van der Waals surface area contributed by atoms with E-state index in [1.54, 1.807) is 18.2 Å². The topological polar surface area (TPSA) is 24.9 Å². The zero-order valence-electron chi connectivity index (χ0n) is 22.4. The molecule has 6 heteroatoms. The van der Waals surface area contributed by atoms with E-state index in [1.165, 1.54) is 32.2 Å². The monoisotopic (exact) mass is 540 g/mol. The van der Waals surface area contributed by atoms with Crippen molar-refractivity contribution in [1.82, 2.24) is 6.24 Å². The minimum atomic E-state index is -3.51. The normalized spacial score (nSPS) is 21.0. The molecule has 0 aromatic heterocycles. The molecule has 178 valence electrons. The van der Waals surface area contributed by atoms with E-state index in [0.717, 1.165) is 19.6 Å². The van der Waals surface area contributed by atoms with Crippen LogP contribution in [0.25, 0.3) is 0 Å². The van der Waals surface area contributed by atoms with Crippen LogP contribution in [0.1, 0.15) is 75.2 Å². The molecule has 2 aliphatic heterocycles. The fourth-order valence-corrected chi connectivity index (χ4v) is 26.4. The second-order valence-corrected chi connectivity index (χ2v) is 21.6. The van der Waals surface area contributed by atoms with Gasteiger partial charge in [0.05, 0.1) is 0 Å². The van der Waals surface area contributed by atoms with Crippen LogP contribution in [0, 0.1) is 0 Å². The minimum absolute atomic E-state index is 0.111. The van der Waals surface area contributed by atoms with E-state index < -0.39 is 18.9 Å². The van der Waals surface area contributed by atoms with Crippen molar-refractivity contribution in [2.45, 2.75) is 98.9 Å². The van der Waals surface area contributed by atoms with Crippen molar-refractivity contribution in [2.24, 2.45) is 0 Å². The van der Waals surface area contributed by atoms with E-state index in [-0.39, 0.29) is 11.1 Å². The van der Waals surface area contributed by atoms with Gasteiger partial charge in [-0.15, -0.1) is 0 Å². The third kappa shape index (κ3) is 4.87. The number of nitrogens with zero attached hydrogens (tertiary/aromatic N) is 2. The summed E-state index contributed by atoms with van der Waals surface area (Å²) >= 11 is -3.51. The Morgan fingerprint density at radius 1 is 0.806 bits per heavy atom. The fourth-order valence-electron chi connectivity index (χ4n) is 6.32. The molecule has 0 aromatic carbocycles. The Balaban J connectivity index is 3.04. The van der Waals surface area contributed by atoms with E-state index >= 15 is 0 Å². The number of hydrogen-bond acceptors (Lipinski definition) is 4. The summed E-state index contributed by atoms with van der Waals surface area (Å²) < 4.78 is 21.3. The maximum atomic E-state index is 6.04. The van der Waals surface area contributed by atoms with Crippen molar-refractivity contribution in [2.75, 3.05) is 40.5 Å². The van der Waals surface area contributed by atoms with E-state index in [2.05, 4.69) is 68.6 Å². The molecule has 2 aliphatic rings. The molecule has 31 heavy (non-hydrogen) atoms. The van der Waals surface area contributed by atoms with Gasteiger partial charge in [0.1, 0.15) is 0 Å². The Bertz CT molecular complexity index is 665. The molecule has 0 aliphatic carbocycles. The number of hydrogen-bond donors (Lipinski definition) is 0. The van der Waals surface area contributed by atoms with Crippen LogP contribution < -0.4 is 0 Å². The Kier molecular flexibility index (Phi) is 9.40. The molecule has 0 N–H and O–H groups in total. The summed E-state index contributed by atoms with van der Waals surface area (Å²) in [6.45, 7) is 26.1. The van der Waals surface area contributed by atoms with Crippen molar-refractivity contribution in [1.29, 1.82) is 0 Å². The molecule has 2 heterocycles. The average Bonchev–Trinajstić information content (AvgIpc) is 2.92. The van der Waals surface area contributed by atoms with Crippen LogP contribution in [-0.2, 0) is 9.47 Å². The van der Waals surface area contributed by atoms with Crippen molar-refractivity contribution in [3.8, 4) is 0 Å². The summed E-state index contributed by atoms with van der Waals surface area (Å²) in [4.78, 5) is 0. The van der Waals surface area contributed by atoms with E-state index in [4.69, 9.17) is 9.47 Å². The van der Waals surface area contributed by atoms with Gasteiger partial charge in [0.25, 0.3) is 0 Å². The van der Waals surface area contributed by atoms with Gasteiger partial charge in [-0.05, 0) is 0 Å². The standard InChI is InChI=1S/C14H25BO2.C11H24N2.Sn/c1-6-13(9-11-16-4)14(10-12-17-5)15(7-2)8-3;1-10(2,3)12-8-7-9-13-11(4,5)6;/h6-8,11-12H2,1-5H3;7-9H2,1-6H3;/q;-2;+2. The molecule has 0 radical (unpaired) electrons. The van der Waals surface area contributed by atoms with Gasteiger partial charge in [-0.25, -0.2) is 0 Å². The number of rotatable bonds is 8. The molecule has 0 amide bonds. The third-order valence-electron chi connectivity index (χ3n) is 7.35. The SMILES string of the molecule is CCB(CC)C1=[C](COC)[Sn]2([C](COC)=C1CC)[N](C(C)(C)C)CCC[N]2C(C)(C)C. The van der Waals surface area contributed by atoms with Gasteiger partial charge in [-0.2, -0.15) is 0 Å². The molecular weight excluding hydrogens is 490 g/mol. The average molecular weight is 539 g/mol. The molecule has 0 unspecified atom stereocenters. The van der Waals surface area contributed by atoms with Crippen LogP contribution in [0.15, 0.2) is 18.2 Å². The molecule has 2 rings (SSSR count). The first-order chi connectivity index (χ1) is 14.5. The molecule has 0 aromatic rings. The van der Waals surface area contributed by atoms with Gasteiger partial charge in [-0.1, -0.05) is 0 Å². The summed E-state index contributed by atoms with van der Waals surface area (Å²) in [5.41, 5.74) is 3.49. The van der Waals surface area contributed by atoms with Crippen molar-refractivity contribution in [3.63, 3.8) is 0 Å². The van der Waals surface area contributed by atoms with Crippen LogP contribution >= 0.6 is 0 Å². The zero-order chi connectivity index (χ0) is 23.6. The molecule has 0 saturated carbocycles. The van der Waals surface area contributed by atoms with Crippen LogP contribution in [0.5, 0.6) is 0 Å². The Morgan fingerprint density at radius 3 is 1.61 bits per heavy atom. The van der Waals surface area contributed by atoms with Crippen LogP contribution in [0.4, 0.5) is 0 Å². The van der Waals surface area contributed by atoms with Crippen LogP contribution in [-0.4, -0.2) is 83.5 Å². The molecule has 0 atom stereocenters. The summed E-state index contributed by atoms with van der Waals surface area (Å²) in [6.07, 6.45) is 4.70. The molecule has 4 nitrogen and oxygen atoms in total. The second-order valence-electron chi connectivity index (χ2n) is 11.3. The molecule has 0 bridgehead atoms. The van der Waals surface area contributed by atoms with E-state index in [0.29, 0.717) is 6.71 Å². The summed E-state index contributed by atoms with van der Waals surface area (Å²) in [7, 11) is 3.78. The molecule has 1 spiro atoms. The summed E-state index contributed by atoms with van der Waals surface area (Å²) in [5.74, 6) is 0. The Hall–Kier alpha value is 0.184. The zero-order valence-corrected chi connectivity index (χ0v) is 25.3. The fraction of sp³-hybridized carbons (Fsp3) is 0.840. The number of methoxy groups -OCH3 is 2. The third-order valence-corrected chi connectivity index (χ3v) is 24.2. The van der Waals surface area contributed by atoms with Gasteiger partial charge in [0.2, 0.25) is 0 Å². The van der Waals surface area contributed by atoms with Crippen molar-refractivity contribution < 1.29 is 9.47 Å². The van der Waals surface area contributed by atoms with Gasteiger partial charge in [0.15, 0.2) is 0 Å². The Labute approximate surface area is 198 Å². The number of allylic oxidation sites excluding steroid dienone is 2. The van der Waals surface area contributed by atoms with Gasteiger partial charge >= 0.3 is 199 Å². The van der Waals surface area contributed by atoms with Crippen LogP contribution in [0.3, 0.4) is 0 Å². The van der Waals surface area contributed by atoms with Gasteiger partial charge < -0.3 is 0 Å². The molecular formula is C25H49BN2O2Sn. The van der Waals surface area contributed by atoms with Gasteiger partial charge in [0, 0.05) is 0 Å². The van der Waals surface area contributed by atoms with E-state index in [1.807, 2.05) is 14.2 Å². The quantitative estimate of drug-likeness (QED) is 0.381. The first-order valence-electron chi connectivity index (χ1n) is 12.5. The van der Waals surface area contributed by atoms with Crippen molar-refractivity contribution >= 4 is 25.6 Å². The number of ether oxygens (including phenoxy) is 2. The second kappa shape index (κ2) is 10.6. The summed E-state index contributed by atoms with van der Waals surface area (Å²) in [6, 6.07) is 0. The predicted molar refractivity (Wildman–Crippen MR) is 138 cm³/mol. The molecule has 1 saturated heterocycles. The van der Waals surface area contributed by atoms with Crippen molar-refractivity contribution in [3.05, 3.63) is 18.2 Å². The Morgan fingerprint density at radius 2 is 1.26 bits per heavy atom. The van der Waals surface area contributed by atoms with E-state index in [9.17, 15) is 0 Å². The molecule has 1 fully saturated rings.